The number of benzene rings is 2. The molecule has 0 N–H and O–H groups in total. The van der Waals surface area contributed by atoms with Crippen molar-refractivity contribution in [1.82, 2.24) is 0 Å². The largest absolute Gasteiger partial charge is 1.00 e. The van der Waals surface area contributed by atoms with E-state index < -0.39 is 0 Å². The monoisotopic (exact) mass is 497 g/mol. The van der Waals surface area contributed by atoms with Gasteiger partial charge in [-0.15, -0.1) is 0 Å². The molecule has 2 heterocycles. The normalized spacial score (nSPS) is 22.1. The highest BCUT2D eigenvalue weighted by atomic mass is 127. The average Bonchev–Trinajstić information content (AvgIpc) is 2.69. The Bertz CT molecular complexity index is 885. The van der Waals surface area contributed by atoms with Crippen LogP contribution in [0.15, 0.2) is 24.3 Å². The van der Waals surface area contributed by atoms with Crippen LogP contribution in [0, 0.1) is 0 Å². The van der Waals surface area contributed by atoms with Gasteiger partial charge in [-0.2, -0.15) is 0 Å². The van der Waals surface area contributed by atoms with Gasteiger partial charge in [0.1, 0.15) is 12.6 Å². The van der Waals surface area contributed by atoms with E-state index in [1.165, 1.54) is 22.3 Å². The van der Waals surface area contributed by atoms with Crippen LogP contribution >= 0.6 is 0 Å². The summed E-state index contributed by atoms with van der Waals surface area (Å²) in [7, 11) is 9.16. The lowest BCUT2D eigenvalue weighted by Crippen LogP contribution is -3.00. The number of nitrogens with zero attached hydrogens (tertiary/aromatic N) is 1. The van der Waals surface area contributed by atoms with Crippen molar-refractivity contribution in [2.75, 3.05) is 42.0 Å². The van der Waals surface area contributed by atoms with E-state index in [4.69, 9.17) is 18.9 Å². The molecule has 28 heavy (non-hydrogen) atoms. The van der Waals surface area contributed by atoms with Crippen molar-refractivity contribution in [1.29, 1.82) is 0 Å². The summed E-state index contributed by atoms with van der Waals surface area (Å²) in [6.45, 7) is 2.11. The van der Waals surface area contributed by atoms with E-state index in [2.05, 4.69) is 31.3 Å². The fourth-order valence-corrected chi connectivity index (χ4v) is 4.75. The SMILES string of the molecule is COc1cc2c(cc1OC)C[N+]1(C)CCc3cc(OC)c(OC)cc3C1C2.[I-]. The van der Waals surface area contributed by atoms with Crippen molar-refractivity contribution in [3.8, 4) is 23.0 Å². The maximum atomic E-state index is 5.58. The molecule has 0 fully saturated rings. The summed E-state index contributed by atoms with van der Waals surface area (Å²) in [5.41, 5.74) is 5.45. The predicted molar refractivity (Wildman–Crippen MR) is 104 cm³/mol. The van der Waals surface area contributed by atoms with Crippen molar-refractivity contribution < 1.29 is 47.4 Å². The highest BCUT2D eigenvalue weighted by molar-refractivity contribution is 5.51. The Hall–Kier alpha value is -1.67. The topological polar surface area (TPSA) is 36.9 Å². The van der Waals surface area contributed by atoms with Gasteiger partial charge in [-0.3, -0.25) is 0 Å². The number of rotatable bonds is 4. The van der Waals surface area contributed by atoms with Crippen molar-refractivity contribution >= 4 is 0 Å². The highest BCUT2D eigenvalue weighted by Gasteiger charge is 2.43. The summed E-state index contributed by atoms with van der Waals surface area (Å²) >= 11 is 0. The van der Waals surface area contributed by atoms with E-state index in [0.717, 1.165) is 53.4 Å². The van der Waals surface area contributed by atoms with Gasteiger partial charge in [0.2, 0.25) is 0 Å². The van der Waals surface area contributed by atoms with Gasteiger partial charge in [0.05, 0.1) is 42.0 Å². The van der Waals surface area contributed by atoms with E-state index in [9.17, 15) is 0 Å². The van der Waals surface area contributed by atoms with Gasteiger partial charge in [-0.05, 0) is 35.4 Å². The Morgan fingerprint density at radius 1 is 0.750 bits per heavy atom. The van der Waals surface area contributed by atoms with Gasteiger partial charge in [-0.1, -0.05) is 0 Å². The quantitative estimate of drug-likeness (QED) is 0.457. The molecule has 0 aliphatic carbocycles. The minimum atomic E-state index is 0. The Balaban J connectivity index is 0.00000225. The van der Waals surface area contributed by atoms with Gasteiger partial charge in [0.25, 0.3) is 0 Å². The van der Waals surface area contributed by atoms with E-state index in [1.807, 2.05) is 0 Å². The summed E-state index contributed by atoms with van der Waals surface area (Å²) < 4.78 is 23.2. The molecule has 6 heteroatoms. The van der Waals surface area contributed by atoms with Gasteiger partial charge in [0, 0.05) is 24.0 Å². The number of likely N-dealkylation sites (N-methyl/N-ethyl adjacent to an activating group) is 1. The van der Waals surface area contributed by atoms with Crippen LogP contribution in [-0.2, 0) is 19.4 Å². The Labute approximate surface area is 184 Å². The fourth-order valence-electron chi connectivity index (χ4n) is 4.75. The third-order valence-electron chi connectivity index (χ3n) is 6.30. The average molecular weight is 497 g/mol. The molecule has 0 amide bonds. The summed E-state index contributed by atoms with van der Waals surface area (Å²) in [5, 5.41) is 0. The van der Waals surface area contributed by atoms with E-state index in [0.29, 0.717) is 6.04 Å². The Morgan fingerprint density at radius 2 is 1.25 bits per heavy atom. The van der Waals surface area contributed by atoms with Crippen LogP contribution in [0.5, 0.6) is 23.0 Å². The molecule has 0 radical (unpaired) electrons. The minimum absolute atomic E-state index is 0. The van der Waals surface area contributed by atoms with Crippen LogP contribution in [0.1, 0.15) is 28.3 Å². The van der Waals surface area contributed by atoms with Crippen molar-refractivity contribution in [3.05, 3.63) is 46.5 Å². The lowest BCUT2D eigenvalue weighted by atomic mass is 9.81. The number of fused-ring (bicyclic) bond motifs is 4. The zero-order valence-corrected chi connectivity index (χ0v) is 19.3. The third kappa shape index (κ3) is 3.30. The van der Waals surface area contributed by atoms with E-state index in [1.54, 1.807) is 28.4 Å². The Kier molecular flexibility index (Phi) is 6.00. The standard InChI is InChI=1S/C22H28NO4.HI/c1-23-7-6-14-9-19(24-2)22(27-5)12-17(14)18(23)8-15-10-20(25-3)21(26-4)11-16(15)13-23;/h9-12,18H,6-8,13H2,1-5H3;1H/q+1;/p-1. The van der Waals surface area contributed by atoms with Gasteiger partial charge < -0.3 is 47.4 Å². The molecule has 2 atom stereocenters. The number of hydrogen-bond donors (Lipinski definition) is 0. The zero-order valence-electron chi connectivity index (χ0n) is 17.2. The molecule has 0 saturated heterocycles. The van der Waals surface area contributed by atoms with Crippen LogP contribution in [0.3, 0.4) is 0 Å². The summed E-state index contributed by atoms with van der Waals surface area (Å²) in [5.74, 6) is 3.23. The van der Waals surface area contributed by atoms with Crippen LogP contribution in [0.4, 0.5) is 0 Å². The van der Waals surface area contributed by atoms with Crippen LogP contribution in [0.2, 0.25) is 0 Å². The first-order valence-electron chi connectivity index (χ1n) is 9.35. The first-order valence-corrected chi connectivity index (χ1v) is 9.35. The minimum Gasteiger partial charge on any atom is -1.00 e. The molecule has 4 rings (SSSR count). The molecule has 0 aromatic heterocycles. The summed E-state index contributed by atoms with van der Waals surface area (Å²) in [6.07, 6.45) is 2.03. The lowest BCUT2D eigenvalue weighted by Gasteiger charge is -2.49. The molecule has 2 aromatic rings. The molecule has 2 unspecified atom stereocenters. The first-order chi connectivity index (χ1) is 13.0. The van der Waals surface area contributed by atoms with Gasteiger partial charge in [0.15, 0.2) is 23.0 Å². The predicted octanol–water partition coefficient (Wildman–Crippen LogP) is 0.525. The second-order valence-electron chi connectivity index (χ2n) is 7.71. The number of halogens is 1. The molecule has 0 saturated carbocycles. The molecule has 2 aliphatic heterocycles. The number of methoxy groups -OCH3 is 4. The number of ether oxygens (including phenoxy) is 4. The zero-order chi connectivity index (χ0) is 19.2. The Morgan fingerprint density at radius 3 is 1.82 bits per heavy atom. The second kappa shape index (κ2) is 7.99. The molecule has 0 bridgehead atoms. The molecule has 152 valence electrons. The third-order valence-corrected chi connectivity index (χ3v) is 6.30. The van der Waals surface area contributed by atoms with Crippen molar-refractivity contribution in [2.45, 2.75) is 25.4 Å². The molecule has 2 aliphatic rings. The number of quaternary nitrogens is 1. The summed E-state index contributed by atoms with van der Waals surface area (Å²) in [4.78, 5) is 0. The van der Waals surface area contributed by atoms with Crippen molar-refractivity contribution in [2.24, 2.45) is 0 Å². The molecule has 2 aromatic carbocycles. The van der Waals surface area contributed by atoms with Crippen molar-refractivity contribution in [3.63, 3.8) is 0 Å². The number of hydrogen-bond acceptors (Lipinski definition) is 4. The molecule has 0 spiro atoms. The molecular formula is C22H28INO4. The molecular weight excluding hydrogens is 469 g/mol. The smallest absolute Gasteiger partial charge is 0.161 e. The van der Waals surface area contributed by atoms with Crippen LogP contribution < -0.4 is 42.9 Å². The van der Waals surface area contributed by atoms with E-state index >= 15 is 0 Å². The van der Waals surface area contributed by atoms with Crippen LogP contribution in [-0.4, -0.2) is 46.5 Å². The maximum Gasteiger partial charge on any atom is 0.161 e. The lowest BCUT2D eigenvalue weighted by molar-refractivity contribution is -0.956. The summed E-state index contributed by atoms with van der Waals surface area (Å²) in [6, 6.07) is 9.03. The van der Waals surface area contributed by atoms with E-state index in [-0.39, 0.29) is 24.0 Å². The fraction of sp³-hybridized carbons (Fsp3) is 0.455. The van der Waals surface area contributed by atoms with Crippen LogP contribution in [0.25, 0.3) is 0 Å². The maximum absolute atomic E-state index is 5.58. The second-order valence-corrected chi connectivity index (χ2v) is 7.71. The van der Waals surface area contributed by atoms with Gasteiger partial charge >= 0.3 is 0 Å². The molecule has 5 nitrogen and oxygen atoms in total. The first kappa shape index (κ1) is 21.0. The highest BCUT2D eigenvalue weighted by Crippen LogP contribution is 2.47. The van der Waals surface area contributed by atoms with Gasteiger partial charge in [-0.25, -0.2) is 0 Å².